The van der Waals surface area contributed by atoms with Gasteiger partial charge in [0.25, 0.3) is 0 Å². The molecule has 0 aliphatic rings. The van der Waals surface area contributed by atoms with E-state index in [0.29, 0.717) is 5.02 Å². The van der Waals surface area contributed by atoms with Crippen LogP contribution in [-0.2, 0) is 6.54 Å². The number of furan rings is 1. The average molecular weight is 306 g/mol. The Morgan fingerprint density at radius 1 is 1.05 bits per heavy atom. The molecule has 0 saturated carbocycles. The van der Waals surface area contributed by atoms with Crippen molar-refractivity contribution in [2.75, 3.05) is 7.05 Å². The third-order valence-corrected chi connectivity index (χ3v) is 3.78. The quantitative estimate of drug-likeness (QED) is 0.726. The van der Waals surface area contributed by atoms with Crippen molar-refractivity contribution in [3.05, 3.63) is 58.1 Å². The second-order valence-electron chi connectivity index (χ2n) is 4.63. The van der Waals surface area contributed by atoms with Crippen molar-refractivity contribution in [3.8, 4) is 11.3 Å². The Kier molecular flexibility index (Phi) is 3.70. The van der Waals surface area contributed by atoms with E-state index in [1.54, 1.807) is 0 Å². The van der Waals surface area contributed by atoms with E-state index < -0.39 is 0 Å². The molecule has 3 aromatic rings. The molecule has 0 spiro atoms. The van der Waals surface area contributed by atoms with Gasteiger partial charge in [-0.2, -0.15) is 0 Å². The first-order chi connectivity index (χ1) is 9.67. The highest BCUT2D eigenvalue weighted by atomic mass is 35.5. The highest BCUT2D eigenvalue weighted by Crippen LogP contribution is 2.31. The minimum Gasteiger partial charge on any atom is -0.456 e. The Bertz CT molecular complexity index is 764. The molecule has 1 N–H and O–H groups in total. The number of halogens is 2. The largest absolute Gasteiger partial charge is 0.456 e. The first kappa shape index (κ1) is 13.5. The molecule has 0 aliphatic carbocycles. The van der Waals surface area contributed by atoms with Crippen LogP contribution in [0.25, 0.3) is 22.3 Å². The molecular weight excluding hydrogens is 293 g/mol. The molecule has 0 amide bonds. The van der Waals surface area contributed by atoms with Crippen molar-refractivity contribution in [2.45, 2.75) is 6.54 Å². The summed E-state index contributed by atoms with van der Waals surface area (Å²) < 4.78 is 5.86. The number of hydrogen-bond acceptors (Lipinski definition) is 2. The highest BCUT2D eigenvalue weighted by molar-refractivity contribution is 6.31. The van der Waals surface area contributed by atoms with Crippen molar-refractivity contribution in [2.24, 2.45) is 0 Å². The third kappa shape index (κ3) is 2.55. The van der Waals surface area contributed by atoms with Crippen LogP contribution in [0.15, 0.2) is 46.9 Å². The van der Waals surface area contributed by atoms with Crippen LogP contribution in [0.1, 0.15) is 5.56 Å². The van der Waals surface area contributed by atoms with E-state index in [1.807, 2.05) is 49.5 Å². The zero-order chi connectivity index (χ0) is 14.1. The SMILES string of the molecule is CNCc1cc(-c2cc3cc(Cl)ccc3o2)ccc1Cl. The van der Waals surface area contributed by atoms with E-state index in [0.717, 1.165) is 39.4 Å². The zero-order valence-corrected chi connectivity index (χ0v) is 12.4. The summed E-state index contributed by atoms with van der Waals surface area (Å²) >= 11 is 12.2. The molecule has 0 aliphatic heterocycles. The highest BCUT2D eigenvalue weighted by Gasteiger charge is 2.09. The summed E-state index contributed by atoms with van der Waals surface area (Å²) in [6, 6.07) is 13.5. The van der Waals surface area contributed by atoms with Gasteiger partial charge in [-0.25, -0.2) is 0 Å². The van der Waals surface area contributed by atoms with Crippen molar-refractivity contribution >= 4 is 34.2 Å². The molecule has 0 atom stereocenters. The number of fused-ring (bicyclic) bond motifs is 1. The molecule has 102 valence electrons. The number of rotatable bonds is 3. The molecule has 0 fully saturated rings. The lowest BCUT2D eigenvalue weighted by Gasteiger charge is -2.05. The Morgan fingerprint density at radius 3 is 2.70 bits per heavy atom. The van der Waals surface area contributed by atoms with E-state index >= 15 is 0 Å². The lowest BCUT2D eigenvalue weighted by Crippen LogP contribution is -2.05. The lowest BCUT2D eigenvalue weighted by atomic mass is 10.1. The van der Waals surface area contributed by atoms with Crippen LogP contribution in [0.2, 0.25) is 10.0 Å². The van der Waals surface area contributed by atoms with Gasteiger partial charge in [-0.3, -0.25) is 0 Å². The van der Waals surface area contributed by atoms with Crippen molar-refractivity contribution in [3.63, 3.8) is 0 Å². The molecule has 2 aromatic carbocycles. The summed E-state index contributed by atoms with van der Waals surface area (Å²) in [5, 5.41) is 5.56. The third-order valence-electron chi connectivity index (χ3n) is 3.18. The van der Waals surface area contributed by atoms with Gasteiger partial charge < -0.3 is 9.73 Å². The maximum atomic E-state index is 6.17. The molecule has 3 rings (SSSR count). The van der Waals surface area contributed by atoms with Gasteiger partial charge in [-0.1, -0.05) is 23.2 Å². The van der Waals surface area contributed by atoms with Gasteiger partial charge in [0.15, 0.2) is 0 Å². The molecule has 0 saturated heterocycles. The molecule has 1 heterocycles. The van der Waals surface area contributed by atoms with Gasteiger partial charge in [0.2, 0.25) is 0 Å². The van der Waals surface area contributed by atoms with Crippen LogP contribution in [0.3, 0.4) is 0 Å². The Labute approximate surface area is 127 Å². The molecular formula is C16H13Cl2NO. The second-order valence-corrected chi connectivity index (χ2v) is 5.47. The van der Waals surface area contributed by atoms with Crippen LogP contribution in [0, 0.1) is 0 Å². The van der Waals surface area contributed by atoms with E-state index in [-0.39, 0.29) is 0 Å². The fourth-order valence-corrected chi connectivity index (χ4v) is 2.58. The normalized spacial score (nSPS) is 11.2. The molecule has 0 unspecified atom stereocenters. The van der Waals surface area contributed by atoms with Crippen LogP contribution in [0.5, 0.6) is 0 Å². The minimum atomic E-state index is 0.705. The Hall–Kier alpha value is -1.48. The summed E-state index contributed by atoms with van der Waals surface area (Å²) in [6.07, 6.45) is 0. The molecule has 1 aromatic heterocycles. The van der Waals surface area contributed by atoms with Crippen molar-refractivity contribution in [1.82, 2.24) is 5.32 Å². The predicted octanol–water partition coefficient (Wildman–Crippen LogP) is 5.13. The molecule has 2 nitrogen and oxygen atoms in total. The van der Waals surface area contributed by atoms with Gasteiger partial charge in [-0.15, -0.1) is 0 Å². The minimum absolute atomic E-state index is 0.705. The van der Waals surface area contributed by atoms with E-state index in [1.165, 1.54) is 0 Å². The summed E-state index contributed by atoms with van der Waals surface area (Å²) in [5.74, 6) is 0.816. The Balaban J connectivity index is 2.08. The molecule has 4 heteroatoms. The fourth-order valence-electron chi connectivity index (χ4n) is 2.21. The van der Waals surface area contributed by atoms with Gasteiger partial charge in [0.05, 0.1) is 0 Å². The first-order valence-electron chi connectivity index (χ1n) is 6.30. The Morgan fingerprint density at radius 2 is 1.90 bits per heavy atom. The average Bonchev–Trinajstić information content (AvgIpc) is 2.84. The van der Waals surface area contributed by atoms with Crippen LogP contribution in [-0.4, -0.2) is 7.05 Å². The summed E-state index contributed by atoms with van der Waals surface area (Å²) in [7, 11) is 1.90. The molecule has 0 radical (unpaired) electrons. The summed E-state index contributed by atoms with van der Waals surface area (Å²) in [4.78, 5) is 0. The van der Waals surface area contributed by atoms with E-state index in [2.05, 4.69) is 5.32 Å². The van der Waals surface area contributed by atoms with Crippen LogP contribution >= 0.6 is 23.2 Å². The maximum Gasteiger partial charge on any atom is 0.135 e. The smallest absolute Gasteiger partial charge is 0.135 e. The fraction of sp³-hybridized carbons (Fsp3) is 0.125. The van der Waals surface area contributed by atoms with Crippen LogP contribution < -0.4 is 5.32 Å². The summed E-state index contributed by atoms with van der Waals surface area (Å²) in [5.41, 5.74) is 2.88. The van der Waals surface area contributed by atoms with Gasteiger partial charge in [-0.05, 0) is 55.1 Å². The van der Waals surface area contributed by atoms with Gasteiger partial charge >= 0.3 is 0 Å². The van der Waals surface area contributed by atoms with Gasteiger partial charge in [0, 0.05) is 27.5 Å². The standard InChI is InChI=1S/C16H13Cl2NO/c1-19-9-12-6-10(2-4-14(12)18)16-8-11-7-13(17)3-5-15(11)20-16/h2-8,19H,9H2,1H3. The van der Waals surface area contributed by atoms with Crippen molar-refractivity contribution in [1.29, 1.82) is 0 Å². The van der Waals surface area contributed by atoms with Crippen LogP contribution in [0.4, 0.5) is 0 Å². The maximum absolute atomic E-state index is 6.17. The van der Waals surface area contributed by atoms with Crippen molar-refractivity contribution < 1.29 is 4.42 Å². The van der Waals surface area contributed by atoms with E-state index in [4.69, 9.17) is 27.6 Å². The monoisotopic (exact) mass is 305 g/mol. The molecule has 20 heavy (non-hydrogen) atoms. The first-order valence-corrected chi connectivity index (χ1v) is 7.05. The topological polar surface area (TPSA) is 25.2 Å². The summed E-state index contributed by atoms with van der Waals surface area (Å²) in [6.45, 7) is 0.721. The number of benzene rings is 2. The predicted molar refractivity (Wildman–Crippen MR) is 84.4 cm³/mol. The zero-order valence-electron chi connectivity index (χ0n) is 10.9. The number of nitrogens with one attached hydrogen (secondary N) is 1. The lowest BCUT2D eigenvalue weighted by molar-refractivity contribution is 0.631. The van der Waals surface area contributed by atoms with Gasteiger partial charge in [0.1, 0.15) is 11.3 Å². The molecule has 0 bridgehead atoms. The second kappa shape index (κ2) is 5.49. The van der Waals surface area contributed by atoms with E-state index in [9.17, 15) is 0 Å². The number of hydrogen-bond donors (Lipinski definition) is 1.